The van der Waals surface area contributed by atoms with E-state index in [1.165, 1.54) is 20.3 Å². The Morgan fingerprint density at radius 1 is 0.703 bits per heavy atom. The number of aromatic amines is 2. The summed E-state index contributed by atoms with van der Waals surface area (Å²) in [5.41, 5.74) is 3.66. The topological polar surface area (TPSA) is 206 Å². The monoisotopic (exact) mass is 880 g/mol. The summed E-state index contributed by atoms with van der Waals surface area (Å²) in [6.45, 7) is 3.17. The van der Waals surface area contributed by atoms with Gasteiger partial charge in [-0.25, -0.2) is 23.9 Å². The summed E-state index contributed by atoms with van der Waals surface area (Å²) in [5, 5.41) is 6.34. The molecule has 4 amide bonds. The minimum absolute atomic E-state index is 0.0639. The number of furan rings is 1. The molecule has 5 aromatic rings. The van der Waals surface area contributed by atoms with E-state index in [1.54, 1.807) is 40.4 Å². The number of H-pyrrole nitrogens is 2. The number of carbonyl (C=O) groups excluding carboxylic acids is 4. The maximum absolute atomic E-state index is 16.0. The third-order valence-electron chi connectivity index (χ3n) is 13.2. The Morgan fingerprint density at radius 2 is 1.20 bits per heavy atom. The number of likely N-dealkylation sites (tertiary alicyclic amines) is 2. The first kappa shape index (κ1) is 43.0. The number of nitrogens with one attached hydrogen (secondary N) is 4. The number of aromatic nitrogens is 4. The molecule has 4 fully saturated rings. The van der Waals surface area contributed by atoms with Gasteiger partial charge in [-0.05, 0) is 99.6 Å². The van der Waals surface area contributed by atoms with E-state index in [0.717, 1.165) is 35.9 Å². The van der Waals surface area contributed by atoms with Crippen molar-refractivity contribution >= 4 is 35.0 Å². The number of hydrogen-bond acceptors (Lipinski definition) is 11. The fraction of sp³-hybridized carbons (Fsp3) is 0.478. The van der Waals surface area contributed by atoms with Gasteiger partial charge in [-0.3, -0.25) is 9.59 Å². The SMILES string of the molecule is COC(=O)N[C@H](C(=O)N1CCC[C@H]1c1ncc(-c2ccc(-c3cc4cc(-c5cnc([C@@H]6CCCN6C(=O)[C@@H](NC(=O)OC)C6CCOCC6)[nH]5)ccc4o3)c(F)c2)[nH]1)C1CCOCC1. The molecule has 0 saturated carbocycles. The van der Waals surface area contributed by atoms with Crippen LogP contribution in [0.3, 0.4) is 0 Å². The largest absolute Gasteiger partial charge is 0.456 e. The Morgan fingerprint density at radius 3 is 1.70 bits per heavy atom. The quantitative estimate of drug-likeness (QED) is 0.111. The highest BCUT2D eigenvalue weighted by Gasteiger charge is 2.42. The summed E-state index contributed by atoms with van der Waals surface area (Å²) in [6, 6.07) is 10.3. The number of halogens is 1. The van der Waals surface area contributed by atoms with Gasteiger partial charge in [0, 0.05) is 56.0 Å². The molecular weight excluding hydrogens is 828 g/mol. The van der Waals surface area contributed by atoms with Crippen molar-refractivity contribution in [3.8, 4) is 33.8 Å². The van der Waals surface area contributed by atoms with E-state index >= 15 is 4.39 Å². The highest BCUT2D eigenvalue weighted by Crippen LogP contribution is 2.38. The third kappa shape index (κ3) is 8.80. The Balaban J connectivity index is 0.887. The minimum Gasteiger partial charge on any atom is -0.456 e. The Kier molecular flexibility index (Phi) is 12.7. The van der Waals surface area contributed by atoms with Crippen LogP contribution in [0.15, 0.2) is 59.3 Å². The van der Waals surface area contributed by atoms with Crippen LogP contribution >= 0.6 is 0 Å². The maximum atomic E-state index is 16.0. The normalized spacial score (nSPS) is 20.6. The standard InChI is InChI=1S/C46H53FN8O9/c1-60-45(58)52-39(26-11-17-62-18-12-26)43(56)54-15-3-5-35(54)41-48-24-33(50-41)28-8-10-37-30(21-28)23-38(64-37)31-9-7-29(22-32(31)47)34-25-49-42(51-34)36-6-4-16-55(36)44(57)40(53-46(59)61-2)27-13-19-63-20-14-27/h7-10,21-27,35-36,39-40H,3-6,11-20H2,1-2H3,(H,48,50)(H,49,51)(H,52,58)(H,53,59)/t35-,36-,39-,40-/m0/s1. The van der Waals surface area contributed by atoms with Crippen molar-refractivity contribution in [2.24, 2.45) is 11.8 Å². The Labute approximate surface area is 368 Å². The number of ether oxygens (including phenoxy) is 4. The van der Waals surface area contributed by atoms with E-state index < -0.39 is 30.1 Å². The van der Waals surface area contributed by atoms with Crippen molar-refractivity contribution in [3.63, 3.8) is 0 Å². The summed E-state index contributed by atoms with van der Waals surface area (Å²) in [6.07, 6.45) is 7.71. The van der Waals surface area contributed by atoms with Crippen molar-refractivity contribution in [3.05, 3.63) is 72.3 Å². The van der Waals surface area contributed by atoms with Crippen LogP contribution in [0.1, 0.15) is 75.1 Å². The van der Waals surface area contributed by atoms with E-state index in [4.69, 9.17) is 28.3 Å². The molecule has 3 aromatic heterocycles. The fourth-order valence-electron chi connectivity index (χ4n) is 9.75. The predicted molar refractivity (Wildman–Crippen MR) is 230 cm³/mol. The van der Waals surface area contributed by atoms with Crippen LogP contribution < -0.4 is 10.6 Å². The average molecular weight is 881 g/mol. The third-order valence-corrected chi connectivity index (χ3v) is 13.2. The van der Waals surface area contributed by atoms with Gasteiger partial charge in [0.15, 0.2) is 0 Å². The van der Waals surface area contributed by atoms with E-state index in [0.29, 0.717) is 111 Å². The van der Waals surface area contributed by atoms with Gasteiger partial charge < -0.3 is 53.8 Å². The molecule has 4 aliphatic heterocycles. The molecule has 17 nitrogen and oxygen atoms in total. The summed E-state index contributed by atoms with van der Waals surface area (Å²) in [5.74, 6) is 0.652. The number of hydrogen-bond donors (Lipinski definition) is 4. The summed E-state index contributed by atoms with van der Waals surface area (Å²) in [4.78, 5) is 72.2. The van der Waals surface area contributed by atoms with Gasteiger partial charge in [-0.15, -0.1) is 0 Å². The number of fused-ring (bicyclic) bond motifs is 1. The molecule has 4 saturated heterocycles. The first-order valence-corrected chi connectivity index (χ1v) is 22.1. The van der Waals surface area contributed by atoms with Crippen molar-refractivity contribution in [2.75, 3.05) is 53.7 Å². The first-order valence-electron chi connectivity index (χ1n) is 22.1. The molecule has 64 heavy (non-hydrogen) atoms. The molecule has 338 valence electrons. The summed E-state index contributed by atoms with van der Waals surface area (Å²) >= 11 is 0. The maximum Gasteiger partial charge on any atom is 0.407 e. The lowest BCUT2D eigenvalue weighted by Gasteiger charge is -2.34. The summed E-state index contributed by atoms with van der Waals surface area (Å²) < 4.78 is 42.9. The molecular formula is C46H53FN8O9. The van der Waals surface area contributed by atoms with Gasteiger partial charge in [-0.2, -0.15) is 0 Å². The Hall–Kier alpha value is -6.27. The van der Waals surface area contributed by atoms with Crippen LogP contribution in [0.25, 0.3) is 44.8 Å². The first-order chi connectivity index (χ1) is 31.2. The second-order valence-electron chi connectivity index (χ2n) is 16.9. The second-order valence-corrected chi connectivity index (χ2v) is 16.9. The van der Waals surface area contributed by atoms with Gasteiger partial charge in [-0.1, -0.05) is 6.07 Å². The van der Waals surface area contributed by atoms with Crippen LogP contribution in [0.4, 0.5) is 14.0 Å². The summed E-state index contributed by atoms with van der Waals surface area (Å²) in [7, 11) is 2.57. The molecule has 4 N–H and O–H groups in total. The van der Waals surface area contributed by atoms with E-state index in [1.807, 2.05) is 18.2 Å². The van der Waals surface area contributed by atoms with Gasteiger partial charge in [0.1, 0.15) is 40.9 Å². The van der Waals surface area contributed by atoms with Gasteiger partial charge in [0.2, 0.25) is 11.8 Å². The zero-order valence-corrected chi connectivity index (χ0v) is 35.9. The molecule has 0 spiro atoms. The molecule has 9 rings (SSSR count). The number of methoxy groups -OCH3 is 2. The van der Waals surface area contributed by atoms with Crippen molar-refractivity contribution < 1.29 is 46.9 Å². The highest BCUT2D eigenvalue weighted by molar-refractivity contribution is 5.89. The number of amides is 4. The molecule has 7 heterocycles. The second kappa shape index (κ2) is 18.8. The molecule has 4 atom stereocenters. The number of carbonyl (C=O) groups is 4. The van der Waals surface area contributed by atoms with Crippen LogP contribution in [-0.2, 0) is 28.5 Å². The lowest BCUT2D eigenvalue weighted by molar-refractivity contribution is -0.137. The molecule has 4 aliphatic rings. The van der Waals surface area contributed by atoms with Crippen molar-refractivity contribution in [1.29, 1.82) is 0 Å². The molecule has 18 heteroatoms. The molecule has 0 bridgehead atoms. The molecule has 0 aliphatic carbocycles. The predicted octanol–water partition coefficient (Wildman–Crippen LogP) is 6.65. The number of benzene rings is 2. The van der Waals surface area contributed by atoms with Gasteiger partial charge in [0.05, 0.1) is 55.6 Å². The van der Waals surface area contributed by atoms with E-state index in [-0.39, 0.29) is 35.7 Å². The zero-order valence-electron chi connectivity index (χ0n) is 35.9. The lowest BCUT2D eigenvalue weighted by atomic mass is 9.90. The number of rotatable bonds is 11. The Bertz CT molecular complexity index is 2490. The minimum atomic E-state index is -0.747. The molecule has 0 radical (unpaired) electrons. The van der Waals surface area contributed by atoms with Crippen LogP contribution in [-0.4, -0.2) is 120 Å². The van der Waals surface area contributed by atoms with E-state index in [9.17, 15) is 19.2 Å². The highest BCUT2D eigenvalue weighted by atomic mass is 19.1. The fourth-order valence-corrected chi connectivity index (χ4v) is 9.75. The van der Waals surface area contributed by atoms with Gasteiger partial charge in [0.25, 0.3) is 0 Å². The zero-order chi connectivity index (χ0) is 44.3. The van der Waals surface area contributed by atoms with E-state index in [2.05, 4.69) is 25.6 Å². The van der Waals surface area contributed by atoms with Crippen LogP contribution in [0, 0.1) is 17.7 Å². The lowest BCUT2D eigenvalue weighted by Crippen LogP contribution is -2.53. The van der Waals surface area contributed by atoms with Crippen LogP contribution in [0.2, 0.25) is 0 Å². The molecule has 2 aromatic carbocycles. The number of imidazole rings is 2. The van der Waals surface area contributed by atoms with Crippen LogP contribution in [0.5, 0.6) is 0 Å². The van der Waals surface area contributed by atoms with Crippen molar-refractivity contribution in [1.82, 2.24) is 40.4 Å². The van der Waals surface area contributed by atoms with Crippen molar-refractivity contribution in [2.45, 2.75) is 75.5 Å². The molecule has 0 unspecified atom stereocenters. The average Bonchev–Trinajstić information content (AvgIpc) is 4.19. The van der Waals surface area contributed by atoms with Gasteiger partial charge >= 0.3 is 12.2 Å². The number of alkyl carbamates (subject to hydrolysis) is 2. The number of nitrogens with zero attached hydrogens (tertiary/aromatic N) is 4. The smallest absolute Gasteiger partial charge is 0.407 e.